The molecule has 21 heavy (non-hydrogen) atoms. The molecule has 0 aliphatic rings. The minimum Gasteiger partial charge on any atom is -0.345 e. The van der Waals surface area contributed by atoms with Crippen molar-refractivity contribution < 1.29 is 0 Å². The van der Waals surface area contributed by atoms with Gasteiger partial charge in [-0.15, -0.1) is 11.3 Å². The molecule has 0 unspecified atom stereocenters. The quantitative estimate of drug-likeness (QED) is 0.919. The van der Waals surface area contributed by atoms with Crippen molar-refractivity contribution >= 4 is 16.5 Å². The third kappa shape index (κ3) is 4.79. The van der Waals surface area contributed by atoms with Crippen LogP contribution in [0, 0.1) is 6.92 Å². The third-order valence-corrected chi connectivity index (χ3v) is 4.38. The molecule has 0 spiro atoms. The number of hydrogen-bond donors (Lipinski definition) is 1. The predicted molar refractivity (Wildman–Crippen MR) is 89.8 cm³/mol. The molecule has 114 valence electrons. The van der Waals surface area contributed by atoms with E-state index in [1.807, 2.05) is 24.4 Å². The van der Waals surface area contributed by atoms with Crippen molar-refractivity contribution in [1.82, 2.24) is 15.3 Å². The van der Waals surface area contributed by atoms with Crippen LogP contribution in [0.25, 0.3) is 0 Å². The molecule has 5 heteroatoms. The number of aryl methyl sites for hydroxylation is 1. The molecule has 0 amide bonds. The summed E-state index contributed by atoms with van der Waals surface area (Å²) in [4.78, 5) is 12.5. The Morgan fingerprint density at radius 1 is 1.29 bits per heavy atom. The van der Waals surface area contributed by atoms with E-state index in [4.69, 9.17) is 0 Å². The standard InChI is InChI=1S/C16H24N4S/c1-12-14(10-18-16(2,3)4)21-15(19-12)20(5)11-13-8-6-7-9-17-13/h6-9,18H,10-11H2,1-5H3. The van der Waals surface area contributed by atoms with Crippen molar-refractivity contribution in [3.8, 4) is 0 Å². The van der Waals surface area contributed by atoms with Gasteiger partial charge in [0, 0.05) is 30.2 Å². The fraction of sp³-hybridized carbons (Fsp3) is 0.500. The van der Waals surface area contributed by atoms with Crippen LogP contribution in [-0.2, 0) is 13.1 Å². The second-order valence-electron chi connectivity index (χ2n) is 6.29. The molecule has 2 rings (SSSR count). The number of anilines is 1. The van der Waals surface area contributed by atoms with Gasteiger partial charge in [-0.3, -0.25) is 4.98 Å². The Hall–Kier alpha value is -1.46. The zero-order valence-electron chi connectivity index (χ0n) is 13.5. The van der Waals surface area contributed by atoms with Gasteiger partial charge in [-0.05, 0) is 39.8 Å². The summed E-state index contributed by atoms with van der Waals surface area (Å²) in [7, 11) is 2.06. The van der Waals surface area contributed by atoms with Crippen molar-refractivity contribution in [1.29, 1.82) is 0 Å². The summed E-state index contributed by atoms with van der Waals surface area (Å²) in [6.07, 6.45) is 1.83. The van der Waals surface area contributed by atoms with Gasteiger partial charge in [-0.2, -0.15) is 0 Å². The van der Waals surface area contributed by atoms with Crippen molar-refractivity contribution in [3.05, 3.63) is 40.7 Å². The van der Waals surface area contributed by atoms with Crippen LogP contribution in [0.1, 0.15) is 37.0 Å². The van der Waals surface area contributed by atoms with Gasteiger partial charge < -0.3 is 10.2 Å². The molecular weight excluding hydrogens is 280 g/mol. The first kappa shape index (κ1) is 15.9. The molecule has 2 aromatic heterocycles. The highest BCUT2D eigenvalue weighted by Crippen LogP contribution is 2.26. The molecule has 0 fully saturated rings. The highest BCUT2D eigenvalue weighted by atomic mass is 32.1. The third-order valence-electron chi connectivity index (χ3n) is 3.11. The van der Waals surface area contributed by atoms with Gasteiger partial charge in [0.2, 0.25) is 0 Å². The molecule has 0 aliphatic heterocycles. The number of rotatable bonds is 5. The maximum atomic E-state index is 4.68. The molecular formula is C16H24N4S. The second-order valence-corrected chi connectivity index (χ2v) is 7.35. The first-order valence-electron chi connectivity index (χ1n) is 7.17. The van der Waals surface area contributed by atoms with Crippen LogP contribution >= 0.6 is 11.3 Å². The van der Waals surface area contributed by atoms with Crippen molar-refractivity contribution in [2.75, 3.05) is 11.9 Å². The van der Waals surface area contributed by atoms with Gasteiger partial charge in [-0.25, -0.2) is 4.98 Å². The van der Waals surface area contributed by atoms with E-state index in [-0.39, 0.29) is 5.54 Å². The molecule has 0 bridgehead atoms. The van der Waals surface area contributed by atoms with E-state index in [0.717, 1.165) is 29.6 Å². The Labute approximate surface area is 131 Å². The lowest BCUT2D eigenvalue weighted by Gasteiger charge is -2.20. The van der Waals surface area contributed by atoms with Crippen LogP contribution < -0.4 is 10.2 Å². The Kier molecular flexibility index (Phi) is 4.96. The fourth-order valence-electron chi connectivity index (χ4n) is 1.89. The number of nitrogens with zero attached hydrogens (tertiary/aromatic N) is 3. The summed E-state index contributed by atoms with van der Waals surface area (Å²) >= 11 is 1.75. The maximum Gasteiger partial charge on any atom is 0.185 e. The highest BCUT2D eigenvalue weighted by Gasteiger charge is 2.14. The second kappa shape index (κ2) is 6.54. The van der Waals surface area contributed by atoms with Gasteiger partial charge in [0.25, 0.3) is 0 Å². The van der Waals surface area contributed by atoms with Crippen molar-refractivity contribution in [3.63, 3.8) is 0 Å². The van der Waals surface area contributed by atoms with Gasteiger partial charge in [0.05, 0.1) is 17.9 Å². The first-order valence-corrected chi connectivity index (χ1v) is 7.99. The van der Waals surface area contributed by atoms with Crippen LogP contribution in [-0.4, -0.2) is 22.6 Å². The maximum absolute atomic E-state index is 4.68. The van der Waals surface area contributed by atoms with E-state index in [1.165, 1.54) is 4.88 Å². The van der Waals surface area contributed by atoms with E-state index < -0.39 is 0 Å². The van der Waals surface area contributed by atoms with Crippen LogP contribution in [0.4, 0.5) is 5.13 Å². The summed E-state index contributed by atoms with van der Waals surface area (Å²) in [5.74, 6) is 0. The lowest BCUT2D eigenvalue weighted by molar-refractivity contribution is 0.425. The Balaban J connectivity index is 2.04. The monoisotopic (exact) mass is 304 g/mol. The van der Waals surface area contributed by atoms with Gasteiger partial charge in [0.15, 0.2) is 5.13 Å². The minimum absolute atomic E-state index is 0.121. The molecule has 0 atom stereocenters. The molecule has 2 aromatic rings. The fourth-order valence-corrected chi connectivity index (χ4v) is 2.85. The average molecular weight is 304 g/mol. The zero-order valence-corrected chi connectivity index (χ0v) is 14.3. The van der Waals surface area contributed by atoms with Crippen LogP contribution in [0.5, 0.6) is 0 Å². The molecule has 0 saturated carbocycles. The van der Waals surface area contributed by atoms with Crippen molar-refractivity contribution in [2.24, 2.45) is 0 Å². The van der Waals surface area contributed by atoms with Crippen LogP contribution in [0.15, 0.2) is 24.4 Å². The number of hydrogen-bond acceptors (Lipinski definition) is 5. The topological polar surface area (TPSA) is 41.1 Å². The smallest absolute Gasteiger partial charge is 0.185 e. The number of pyridine rings is 1. The molecule has 0 saturated heterocycles. The number of aromatic nitrogens is 2. The lowest BCUT2D eigenvalue weighted by Crippen LogP contribution is -2.34. The summed E-state index contributed by atoms with van der Waals surface area (Å²) in [6.45, 7) is 10.3. The predicted octanol–water partition coefficient (Wildman–Crippen LogP) is 3.37. The molecule has 0 radical (unpaired) electrons. The Morgan fingerprint density at radius 2 is 2.05 bits per heavy atom. The van der Waals surface area contributed by atoms with E-state index in [0.29, 0.717) is 0 Å². The van der Waals surface area contributed by atoms with E-state index in [2.05, 4.69) is 54.9 Å². The van der Waals surface area contributed by atoms with E-state index in [1.54, 1.807) is 11.3 Å². The average Bonchev–Trinajstić information content (AvgIpc) is 2.78. The van der Waals surface area contributed by atoms with E-state index >= 15 is 0 Å². The lowest BCUT2D eigenvalue weighted by atomic mass is 10.1. The molecule has 0 aromatic carbocycles. The first-order chi connectivity index (χ1) is 9.85. The van der Waals surface area contributed by atoms with Gasteiger partial charge >= 0.3 is 0 Å². The van der Waals surface area contributed by atoms with E-state index in [9.17, 15) is 0 Å². The summed E-state index contributed by atoms with van der Waals surface area (Å²) in [5.41, 5.74) is 2.29. The van der Waals surface area contributed by atoms with Crippen molar-refractivity contribution in [2.45, 2.75) is 46.3 Å². The molecule has 0 aliphatic carbocycles. The molecule has 1 N–H and O–H groups in total. The van der Waals surface area contributed by atoms with Crippen LogP contribution in [0.2, 0.25) is 0 Å². The minimum atomic E-state index is 0.121. The summed E-state index contributed by atoms with van der Waals surface area (Å²) in [6, 6.07) is 5.99. The summed E-state index contributed by atoms with van der Waals surface area (Å²) in [5, 5.41) is 4.57. The number of nitrogens with one attached hydrogen (secondary N) is 1. The SMILES string of the molecule is Cc1nc(N(C)Cc2ccccn2)sc1CNC(C)(C)C. The largest absolute Gasteiger partial charge is 0.345 e. The number of thiazole rings is 1. The van der Waals surface area contributed by atoms with Gasteiger partial charge in [0.1, 0.15) is 0 Å². The van der Waals surface area contributed by atoms with Crippen LogP contribution in [0.3, 0.4) is 0 Å². The van der Waals surface area contributed by atoms with Gasteiger partial charge in [-0.1, -0.05) is 6.07 Å². The molecule has 4 nitrogen and oxygen atoms in total. The normalized spacial score (nSPS) is 11.7. The Morgan fingerprint density at radius 3 is 2.67 bits per heavy atom. The summed E-state index contributed by atoms with van der Waals surface area (Å²) < 4.78 is 0. The molecule has 2 heterocycles. The zero-order chi connectivity index (χ0) is 15.5. The Bertz CT molecular complexity index is 572. The highest BCUT2D eigenvalue weighted by molar-refractivity contribution is 7.15.